The van der Waals surface area contributed by atoms with E-state index in [9.17, 15) is 4.79 Å². The van der Waals surface area contributed by atoms with E-state index in [4.69, 9.17) is 4.74 Å². The molecule has 0 radical (unpaired) electrons. The summed E-state index contributed by atoms with van der Waals surface area (Å²) in [6.07, 6.45) is 1.65. The third-order valence-electron chi connectivity index (χ3n) is 4.56. The highest BCUT2D eigenvalue weighted by atomic mass is 32.2. The molecule has 1 N–H and O–H groups in total. The summed E-state index contributed by atoms with van der Waals surface area (Å²) < 4.78 is 7.54. The van der Waals surface area contributed by atoms with E-state index >= 15 is 0 Å². The minimum absolute atomic E-state index is 0.161. The molecule has 1 amide bonds. The molecule has 0 saturated carbocycles. The van der Waals surface area contributed by atoms with Gasteiger partial charge in [0.05, 0.1) is 12.3 Å². The molecule has 1 heterocycles. The van der Waals surface area contributed by atoms with E-state index in [0.29, 0.717) is 23.2 Å². The first-order valence-electron chi connectivity index (χ1n) is 9.96. The molecule has 7 heteroatoms. The summed E-state index contributed by atoms with van der Waals surface area (Å²) in [5, 5.41) is 11.5. The van der Waals surface area contributed by atoms with Gasteiger partial charge in [0.2, 0.25) is 5.91 Å². The molecular weight excluding hydrogens is 408 g/mol. The maximum Gasteiger partial charge on any atom is 0.242 e. The number of hydrogen-bond acceptors (Lipinski definition) is 5. The fourth-order valence-corrected chi connectivity index (χ4v) is 4.16. The fourth-order valence-electron chi connectivity index (χ4n) is 3.13. The quantitative estimate of drug-likeness (QED) is 0.392. The summed E-state index contributed by atoms with van der Waals surface area (Å²) in [7, 11) is 0. The van der Waals surface area contributed by atoms with Gasteiger partial charge in [0.15, 0.2) is 5.16 Å². The van der Waals surface area contributed by atoms with Crippen LogP contribution in [0, 0.1) is 0 Å². The van der Waals surface area contributed by atoms with Crippen molar-refractivity contribution in [2.24, 2.45) is 0 Å². The first kappa shape index (κ1) is 20.7. The molecule has 0 spiro atoms. The Kier molecular flexibility index (Phi) is 6.64. The van der Waals surface area contributed by atoms with E-state index in [1.807, 2.05) is 96.4 Å². The topological polar surface area (TPSA) is 69.0 Å². The Morgan fingerprint density at radius 1 is 1.00 bits per heavy atom. The molecular formula is C24H22N4O2S. The van der Waals surface area contributed by atoms with Crippen LogP contribution in [0.5, 0.6) is 5.75 Å². The van der Waals surface area contributed by atoms with Gasteiger partial charge in [-0.15, -0.1) is 10.2 Å². The van der Waals surface area contributed by atoms with Gasteiger partial charge < -0.3 is 10.1 Å². The lowest BCUT2D eigenvalue weighted by molar-refractivity contribution is -0.115. The molecule has 0 bridgehead atoms. The van der Waals surface area contributed by atoms with Crippen LogP contribution in [0.15, 0.2) is 96.4 Å². The molecule has 156 valence electrons. The molecule has 4 rings (SSSR count). The van der Waals surface area contributed by atoms with Gasteiger partial charge in [0.1, 0.15) is 17.3 Å². The molecule has 6 nitrogen and oxygen atoms in total. The van der Waals surface area contributed by atoms with Gasteiger partial charge in [-0.1, -0.05) is 72.4 Å². The van der Waals surface area contributed by atoms with Crippen molar-refractivity contribution in [1.29, 1.82) is 0 Å². The van der Waals surface area contributed by atoms with Gasteiger partial charge in [-0.05, 0) is 36.8 Å². The van der Waals surface area contributed by atoms with Crippen LogP contribution in [0.2, 0.25) is 0 Å². The number of aromatic nitrogens is 3. The van der Waals surface area contributed by atoms with Crippen LogP contribution in [-0.4, -0.2) is 27.3 Å². The Bertz CT molecular complexity index is 1130. The average Bonchev–Trinajstić information content (AvgIpc) is 3.28. The summed E-state index contributed by atoms with van der Waals surface area (Å²) >= 11 is 1.35. The second-order valence-corrected chi connectivity index (χ2v) is 7.72. The van der Waals surface area contributed by atoms with Crippen LogP contribution >= 0.6 is 11.8 Å². The normalized spacial score (nSPS) is 11.6. The SMILES string of the molecule is CCOc1ccccc1NC(=O)C(Sc1nncn1-c1ccccc1)c1ccccc1. The number of rotatable bonds is 8. The van der Waals surface area contributed by atoms with Gasteiger partial charge in [-0.3, -0.25) is 9.36 Å². The Balaban J connectivity index is 1.64. The number of ether oxygens (including phenoxy) is 1. The molecule has 0 aliphatic rings. The zero-order valence-electron chi connectivity index (χ0n) is 17.0. The second kappa shape index (κ2) is 9.95. The number of nitrogens with zero attached hydrogens (tertiary/aromatic N) is 3. The summed E-state index contributed by atoms with van der Waals surface area (Å²) in [6.45, 7) is 2.43. The molecule has 1 atom stereocenters. The van der Waals surface area contributed by atoms with Crippen LogP contribution in [-0.2, 0) is 4.79 Å². The monoisotopic (exact) mass is 430 g/mol. The van der Waals surface area contributed by atoms with Crippen LogP contribution in [0.25, 0.3) is 5.69 Å². The first-order valence-corrected chi connectivity index (χ1v) is 10.8. The molecule has 1 unspecified atom stereocenters. The lowest BCUT2D eigenvalue weighted by atomic mass is 10.1. The van der Waals surface area contributed by atoms with E-state index in [2.05, 4.69) is 15.5 Å². The summed E-state index contributed by atoms with van der Waals surface area (Å²) in [4.78, 5) is 13.4. The lowest BCUT2D eigenvalue weighted by Gasteiger charge is -2.18. The highest BCUT2D eigenvalue weighted by Gasteiger charge is 2.25. The third kappa shape index (κ3) is 4.95. The number of thioether (sulfide) groups is 1. The van der Waals surface area contributed by atoms with Gasteiger partial charge in [-0.25, -0.2) is 0 Å². The molecule has 31 heavy (non-hydrogen) atoms. The number of carbonyl (C=O) groups is 1. The van der Waals surface area contributed by atoms with Gasteiger partial charge in [0.25, 0.3) is 0 Å². The summed E-state index contributed by atoms with van der Waals surface area (Å²) in [5.74, 6) is 0.480. The van der Waals surface area contributed by atoms with Crippen molar-refractivity contribution in [2.75, 3.05) is 11.9 Å². The molecule has 0 aliphatic heterocycles. The minimum Gasteiger partial charge on any atom is -0.492 e. The van der Waals surface area contributed by atoms with E-state index in [-0.39, 0.29) is 5.91 Å². The molecule has 0 fully saturated rings. The minimum atomic E-state index is -0.525. The number of benzene rings is 3. The van der Waals surface area contributed by atoms with Crippen molar-refractivity contribution in [3.05, 3.63) is 96.8 Å². The molecule has 3 aromatic carbocycles. The second-order valence-electron chi connectivity index (χ2n) is 6.65. The number of para-hydroxylation sites is 3. The average molecular weight is 431 g/mol. The zero-order valence-corrected chi connectivity index (χ0v) is 17.8. The van der Waals surface area contributed by atoms with Crippen LogP contribution < -0.4 is 10.1 Å². The highest BCUT2D eigenvalue weighted by Crippen LogP contribution is 2.37. The summed E-state index contributed by atoms with van der Waals surface area (Å²) in [5.41, 5.74) is 2.45. The lowest BCUT2D eigenvalue weighted by Crippen LogP contribution is -2.20. The zero-order chi connectivity index (χ0) is 21.5. The van der Waals surface area contributed by atoms with Crippen molar-refractivity contribution in [1.82, 2.24) is 14.8 Å². The van der Waals surface area contributed by atoms with E-state index in [0.717, 1.165) is 11.3 Å². The Morgan fingerprint density at radius 3 is 2.42 bits per heavy atom. The predicted octanol–water partition coefficient (Wildman–Crippen LogP) is 5.14. The smallest absolute Gasteiger partial charge is 0.242 e. The molecule has 0 saturated heterocycles. The van der Waals surface area contributed by atoms with Crippen molar-refractivity contribution in [3.63, 3.8) is 0 Å². The van der Waals surface area contributed by atoms with Crippen LogP contribution in [0.1, 0.15) is 17.7 Å². The number of nitrogens with one attached hydrogen (secondary N) is 1. The summed E-state index contributed by atoms with van der Waals surface area (Å²) in [6, 6.07) is 26.9. The third-order valence-corrected chi connectivity index (χ3v) is 5.77. The molecule has 0 aliphatic carbocycles. The van der Waals surface area contributed by atoms with E-state index < -0.39 is 5.25 Å². The standard InChI is InChI=1S/C24H22N4O2S/c1-2-30-21-16-10-9-15-20(21)26-23(29)22(18-11-5-3-6-12-18)31-24-27-25-17-28(24)19-13-7-4-8-14-19/h3-17,22H,2H2,1H3,(H,26,29). The number of hydrogen-bond donors (Lipinski definition) is 1. The van der Waals surface area contributed by atoms with E-state index in [1.165, 1.54) is 11.8 Å². The predicted molar refractivity (Wildman–Crippen MR) is 123 cm³/mol. The fraction of sp³-hybridized carbons (Fsp3) is 0.125. The van der Waals surface area contributed by atoms with Crippen LogP contribution in [0.4, 0.5) is 5.69 Å². The van der Waals surface area contributed by atoms with Gasteiger partial charge in [-0.2, -0.15) is 0 Å². The van der Waals surface area contributed by atoms with Crippen molar-refractivity contribution < 1.29 is 9.53 Å². The largest absolute Gasteiger partial charge is 0.492 e. The molecule has 4 aromatic rings. The van der Waals surface area contributed by atoms with E-state index in [1.54, 1.807) is 6.33 Å². The maximum atomic E-state index is 13.4. The Morgan fingerprint density at radius 2 is 1.68 bits per heavy atom. The van der Waals surface area contributed by atoms with Gasteiger partial charge in [0, 0.05) is 5.69 Å². The van der Waals surface area contributed by atoms with Crippen LogP contribution in [0.3, 0.4) is 0 Å². The Hall–Kier alpha value is -3.58. The number of carbonyl (C=O) groups excluding carboxylic acids is 1. The first-order chi connectivity index (χ1) is 15.3. The van der Waals surface area contributed by atoms with Gasteiger partial charge >= 0.3 is 0 Å². The molecule has 1 aromatic heterocycles. The number of amides is 1. The maximum absolute atomic E-state index is 13.4. The van der Waals surface area contributed by atoms with Crippen molar-refractivity contribution in [3.8, 4) is 11.4 Å². The number of anilines is 1. The Labute approximate surface area is 185 Å². The van der Waals surface area contributed by atoms with Crippen molar-refractivity contribution >= 4 is 23.4 Å². The highest BCUT2D eigenvalue weighted by molar-refractivity contribution is 8.00. The van der Waals surface area contributed by atoms with Crippen molar-refractivity contribution in [2.45, 2.75) is 17.3 Å².